The molecule has 0 radical (unpaired) electrons. The highest BCUT2D eigenvalue weighted by molar-refractivity contribution is 5.97. The monoisotopic (exact) mass is 268 g/mol. The fraction of sp³-hybridized carbons (Fsp3) is 0.294. The molecule has 0 bridgehead atoms. The van der Waals surface area contributed by atoms with Crippen molar-refractivity contribution in [2.24, 2.45) is 0 Å². The molecule has 1 aromatic heterocycles. The maximum absolute atomic E-state index is 12.3. The molecule has 104 valence electrons. The van der Waals surface area contributed by atoms with Crippen molar-refractivity contribution in [2.75, 3.05) is 13.6 Å². The third kappa shape index (κ3) is 3.75. The number of pyridine rings is 1. The number of Topliss-reactive ketones (excluding diaryl/α,β-unsaturated/α-hetero) is 1. The summed E-state index contributed by atoms with van der Waals surface area (Å²) in [5.41, 5.74) is 4.32. The molecule has 3 nitrogen and oxygen atoms in total. The molecule has 0 aliphatic rings. The highest BCUT2D eigenvalue weighted by atomic mass is 16.1. The minimum Gasteiger partial charge on any atom is -0.295 e. The average Bonchev–Trinajstić information content (AvgIpc) is 2.42. The van der Waals surface area contributed by atoms with Gasteiger partial charge in [0.25, 0.3) is 0 Å². The lowest BCUT2D eigenvalue weighted by atomic mass is 10.0. The Morgan fingerprint density at radius 3 is 2.45 bits per heavy atom. The second-order valence-corrected chi connectivity index (χ2v) is 5.25. The van der Waals surface area contributed by atoms with E-state index in [9.17, 15) is 4.79 Å². The van der Waals surface area contributed by atoms with Gasteiger partial charge in [0.05, 0.1) is 6.54 Å². The summed E-state index contributed by atoms with van der Waals surface area (Å²) in [6.07, 6.45) is 3.54. The van der Waals surface area contributed by atoms with Crippen molar-refractivity contribution in [3.05, 3.63) is 65.0 Å². The first-order valence-electron chi connectivity index (χ1n) is 6.74. The normalized spacial score (nSPS) is 10.8. The smallest absolute Gasteiger partial charge is 0.176 e. The highest BCUT2D eigenvalue weighted by Gasteiger charge is 2.10. The Kier molecular flexibility index (Phi) is 4.64. The standard InChI is InChI=1S/C17H20N2O/c1-13-4-5-16(10-14(13)2)17(20)12-19(3)11-15-6-8-18-9-7-15/h4-10H,11-12H2,1-3H3. The van der Waals surface area contributed by atoms with E-state index in [2.05, 4.69) is 11.9 Å². The summed E-state index contributed by atoms with van der Waals surface area (Å²) in [4.78, 5) is 18.3. The second-order valence-electron chi connectivity index (χ2n) is 5.25. The SMILES string of the molecule is Cc1ccc(C(=O)CN(C)Cc2ccncc2)cc1C. The Morgan fingerprint density at radius 1 is 1.10 bits per heavy atom. The Morgan fingerprint density at radius 2 is 1.80 bits per heavy atom. The largest absolute Gasteiger partial charge is 0.295 e. The third-order valence-corrected chi connectivity index (χ3v) is 3.44. The van der Waals surface area contributed by atoms with Crippen LogP contribution in [0.5, 0.6) is 0 Å². The number of carbonyl (C=O) groups is 1. The number of aromatic nitrogens is 1. The Balaban J connectivity index is 1.98. The minimum absolute atomic E-state index is 0.157. The van der Waals surface area contributed by atoms with Crippen molar-refractivity contribution < 1.29 is 4.79 Å². The lowest BCUT2D eigenvalue weighted by Gasteiger charge is -2.16. The van der Waals surface area contributed by atoms with Gasteiger partial charge in [-0.2, -0.15) is 0 Å². The van der Waals surface area contributed by atoms with Gasteiger partial charge in [-0.25, -0.2) is 0 Å². The summed E-state index contributed by atoms with van der Waals surface area (Å²) in [5, 5.41) is 0. The van der Waals surface area contributed by atoms with E-state index >= 15 is 0 Å². The van der Waals surface area contributed by atoms with E-state index in [1.165, 1.54) is 5.56 Å². The van der Waals surface area contributed by atoms with E-state index in [0.29, 0.717) is 6.54 Å². The first kappa shape index (κ1) is 14.4. The average molecular weight is 268 g/mol. The van der Waals surface area contributed by atoms with Crippen LogP contribution in [0.15, 0.2) is 42.7 Å². The van der Waals surface area contributed by atoms with Crippen molar-refractivity contribution in [3.8, 4) is 0 Å². The maximum atomic E-state index is 12.3. The molecule has 0 fully saturated rings. The van der Waals surface area contributed by atoms with Crippen LogP contribution in [0.2, 0.25) is 0 Å². The topological polar surface area (TPSA) is 33.2 Å². The Hall–Kier alpha value is -2.00. The van der Waals surface area contributed by atoms with Crippen molar-refractivity contribution in [2.45, 2.75) is 20.4 Å². The number of aryl methyl sites for hydroxylation is 2. The first-order chi connectivity index (χ1) is 9.56. The molecule has 0 spiro atoms. The molecule has 0 aliphatic heterocycles. The zero-order valence-electron chi connectivity index (χ0n) is 12.3. The van der Waals surface area contributed by atoms with Crippen LogP contribution < -0.4 is 0 Å². The second kappa shape index (κ2) is 6.44. The Labute approximate surface area is 120 Å². The van der Waals surface area contributed by atoms with Crippen molar-refractivity contribution in [1.82, 2.24) is 9.88 Å². The van der Waals surface area contributed by atoms with Crippen LogP contribution in [0, 0.1) is 13.8 Å². The molecule has 0 amide bonds. The molecular formula is C17H20N2O. The molecule has 0 aliphatic carbocycles. The molecular weight excluding hydrogens is 248 g/mol. The van der Waals surface area contributed by atoms with Crippen molar-refractivity contribution in [1.29, 1.82) is 0 Å². The predicted molar refractivity (Wildman–Crippen MR) is 80.8 cm³/mol. The fourth-order valence-corrected chi connectivity index (χ4v) is 2.11. The number of benzene rings is 1. The van der Waals surface area contributed by atoms with Gasteiger partial charge in [-0.3, -0.25) is 14.7 Å². The molecule has 1 heterocycles. The predicted octanol–water partition coefficient (Wildman–Crippen LogP) is 3.01. The van der Waals surface area contributed by atoms with Crippen LogP contribution >= 0.6 is 0 Å². The first-order valence-corrected chi connectivity index (χ1v) is 6.74. The molecule has 0 N–H and O–H groups in total. The van der Waals surface area contributed by atoms with Gasteiger partial charge in [0.2, 0.25) is 0 Å². The number of hydrogen-bond acceptors (Lipinski definition) is 3. The highest BCUT2D eigenvalue weighted by Crippen LogP contribution is 2.11. The van der Waals surface area contributed by atoms with Crippen LogP contribution in [0.3, 0.4) is 0 Å². The van der Waals surface area contributed by atoms with E-state index in [4.69, 9.17) is 0 Å². The minimum atomic E-state index is 0.157. The molecule has 0 saturated carbocycles. The fourth-order valence-electron chi connectivity index (χ4n) is 2.11. The van der Waals surface area contributed by atoms with Crippen molar-refractivity contribution in [3.63, 3.8) is 0 Å². The summed E-state index contributed by atoms with van der Waals surface area (Å²) in [5.74, 6) is 0.157. The van der Waals surface area contributed by atoms with E-state index in [1.54, 1.807) is 12.4 Å². The number of ketones is 1. The zero-order chi connectivity index (χ0) is 14.5. The molecule has 3 heteroatoms. The van der Waals surface area contributed by atoms with Crippen molar-refractivity contribution >= 4 is 5.78 Å². The van der Waals surface area contributed by atoms with Crippen LogP contribution in [0.25, 0.3) is 0 Å². The summed E-state index contributed by atoms with van der Waals surface area (Å²) >= 11 is 0. The summed E-state index contributed by atoms with van der Waals surface area (Å²) in [6.45, 7) is 5.26. The van der Waals surface area contributed by atoms with E-state index in [-0.39, 0.29) is 5.78 Å². The van der Waals surface area contributed by atoms with Crippen LogP contribution in [-0.4, -0.2) is 29.3 Å². The van der Waals surface area contributed by atoms with E-state index in [1.807, 2.05) is 49.2 Å². The molecule has 0 unspecified atom stereocenters. The maximum Gasteiger partial charge on any atom is 0.176 e. The van der Waals surface area contributed by atoms with Gasteiger partial charge >= 0.3 is 0 Å². The number of rotatable bonds is 5. The number of hydrogen-bond donors (Lipinski definition) is 0. The summed E-state index contributed by atoms with van der Waals surface area (Å²) < 4.78 is 0. The molecule has 2 rings (SSSR count). The zero-order valence-corrected chi connectivity index (χ0v) is 12.3. The molecule has 0 saturated heterocycles. The molecule has 1 aromatic carbocycles. The van der Waals surface area contributed by atoms with Gasteiger partial charge in [0.1, 0.15) is 0 Å². The summed E-state index contributed by atoms with van der Waals surface area (Å²) in [7, 11) is 1.96. The summed E-state index contributed by atoms with van der Waals surface area (Å²) in [6, 6.07) is 9.82. The Bertz CT molecular complexity index is 593. The molecule has 2 aromatic rings. The van der Waals surface area contributed by atoms with Gasteiger partial charge in [-0.1, -0.05) is 12.1 Å². The van der Waals surface area contributed by atoms with Gasteiger partial charge in [-0.15, -0.1) is 0 Å². The van der Waals surface area contributed by atoms with Gasteiger partial charge in [0, 0.05) is 24.5 Å². The molecule has 0 atom stereocenters. The number of carbonyl (C=O) groups excluding carboxylic acids is 1. The van der Waals surface area contributed by atoms with Gasteiger partial charge < -0.3 is 0 Å². The van der Waals surface area contributed by atoms with Gasteiger partial charge in [0.15, 0.2) is 5.78 Å². The van der Waals surface area contributed by atoms with E-state index in [0.717, 1.165) is 23.2 Å². The van der Waals surface area contributed by atoms with E-state index < -0.39 is 0 Å². The molecule has 20 heavy (non-hydrogen) atoms. The van der Waals surface area contributed by atoms with Crippen LogP contribution in [0.1, 0.15) is 27.0 Å². The lowest BCUT2D eigenvalue weighted by Crippen LogP contribution is -2.25. The van der Waals surface area contributed by atoms with Gasteiger partial charge in [-0.05, 0) is 55.8 Å². The number of nitrogens with zero attached hydrogens (tertiary/aromatic N) is 2. The van der Waals surface area contributed by atoms with Crippen LogP contribution in [-0.2, 0) is 6.54 Å². The lowest BCUT2D eigenvalue weighted by molar-refractivity contribution is 0.0943. The number of likely N-dealkylation sites (N-methyl/N-ethyl adjacent to an activating group) is 1. The quantitative estimate of drug-likeness (QED) is 0.782. The third-order valence-electron chi connectivity index (χ3n) is 3.44. The van der Waals surface area contributed by atoms with Crippen LogP contribution in [0.4, 0.5) is 0 Å².